The molecule has 8 heteroatoms. The molecule has 1 fully saturated rings. The third-order valence-corrected chi connectivity index (χ3v) is 6.80. The molecule has 1 N–H and O–H groups in total. The third-order valence-electron chi connectivity index (χ3n) is 5.83. The van der Waals surface area contributed by atoms with Gasteiger partial charge in [0.15, 0.2) is 16.7 Å². The monoisotopic (exact) mass is 450 g/mol. The van der Waals surface area contributed by atoms with Crippen LogP contribution >= 0.6 is 11.8 Å². The Morgan fingerprint density at radius 2 is 1.88 bits per heavy atom. The van der Waals surface area contributed by atoms with Gasteiger partial charge in [-0.2, -0.15) is 0 Å². The molecule has 2 aromatic carbocycles. The lowest BCUT2D eigenvalue weighted by Crippen LogP contribution is -2.34. The van der Waals surface area contributed by atoms with Crippen LogP contribution in [0.2, 0.25) is 0 Å². The number of fused-ring (bicyclic) bond motifs is 1. The van der Waals surface area contributed by atoms with E-state index in [1.807, 2.05) is 36.4 Å². The summed E-state index contributed by atoms with van der Waals surface area (Å²) < 4.78 is 14.2. The summed E-state index contributed by atoms with van der Waals surface area (Å²) in [5.41, 5.74) is 1.89. The van der Waals surface area contributed by atoms with E-state index in [-0.39, 0.29) is 11.7 Å². The third kappa shape index (κ3) is 4.32. The van der Waals surface area contributed by atoms with Crippen molar-refractivity contribution in [1.82, 2.24) is 14.8 Å². The molecule has 0 saturated heterocycles. The molecular formula is C24H26N4O3S. The maximum Gasteiger partial charge on any atom is 0.251 e. The lowest BCUT2D eigenvalue weighted by molar-refractivity contribution is -0.113. The fraction of sp³-hybridized carbons (Fsp3) is 0.375. The average molecular weight is 451 g/mol. The van der Waals surface area contributed by atoms with Crippen LogP contribution in [0.5, 0.6) is 11.5 Å². The predicted molar refractivity (Wildman–Crippen MR) is 123 cm³/mol. The second kappa shape index (κ2) is 8.86. The number of hydrogen-bond donors (Lipinski definition) is 1. The molecule has 32 heavy (non-hydrogen) atoms. The van der Waals surface area contributed by atoms with Gasteiger partial charge in [0.25, 0.3) is 5.79 Å². The Morgan fingerprint density at radius 1 is 1.09 bits per heavy atom. The first-order chi connectivity index (χ1) is 15.6. The average Bonchev–Trinajstić information content (AvgIpc) is 3.51. The van der Waals surface area contributed by atoms with Crippen molar-refractivity contribution in [3.05, 3.63) is 59.9 Å². The van der Waals surface area contributed by atoms with Crippen molar-refractivity contribution in [2.24, 2.45) is 0 Å². The van der Waals surface area contributed by atoms with Gasteiger partial charge in [-0.25, -0.2) is 0 Å². The number of hydrogen-bond acceptors (Lipinski definition) is 6. The maximum atomic E-state index is 12.6. The van der Waals surface area contributed by atoms with E-state index in [9.17, 15) is 4.79 Å². The maximum absolute atomic E-state index is 12.6. The van der Waals surface area contributed by atoms with E-state index in [0.29, 0.717) is 17.9 Å². The summed E-state index contributed by atoms with van der Waals surface area (Å²) in [6.45, 7) is 2.81. The van der Waals surface area contributed by atoms with Gasteiger partial charge in [0.2, 0.25) is 5.91 Å². The van der Waals surface area contributed by atoms with Crippen LogP contribution in [0.1, 0.15) is 44.0 Å². The minimum absolute atomic E-state index is 0.0975. The van der Waals surface area contributed by atoms with Crippen molar-refractivity contribution in [2.45, 2.75) is 56.5 Å². The predicted octanol–water partition coefficient (Wildman–Crippen LogP) is 4.66. The summed E-state index contributed by atoms with van der Waals surface area (Å²) in [5.74, 6) is 2.01. The highest BCUT2D eigenvalue weighted by molar-refractivity contribution is 7.99. The van der Waals surface area contributed by atoms with Crippen LogP contribution in [0.3, 0.4) is 0 Å². The van der Waals surface area contributed by atoms with Gasteiger partial charge in [0, 0.05) is 37.6 Å². The van der Waals surface area contributed by atoms with Crippen LogP contribution in [0, 0.1) is 0 Å². The fourth-order valence-electron chi connectivity index (χ4n) is 4.27. The molecule has 7 nitrogen and oxygen atoms in total. The number of nitrogens with zero attached hydrogens (tertiary/aromatic N) is 3. The number of nitrogens with one attached hydrogen (secondary N) is 1. The van der Waals surface area contributed by atoms with E-state index < -0.39 is 5.79 Å². The summed E-state index contributed by atoms with van der Waals surface area (Å²) in [6.07, 6.45) is 4.76. The number of anilines is 1. The van der Waals surface area contributed by atoms with Gasteiger partial charge >= 0.3 is 0 Å². The smallest absolute Gasteiger partial charge is 0.251 e. The Balaban J connectivity index is 1.19. The quantitative estimate of drug-likeness (QED) is 0.528. The summed E-state index contributed by atoms with van der Waals surface area (Å²) in [6, 6.07) is 15.8. The van der Waals surface area contributed by atoms with Crippen LogP contribution in [0.25, 0.3) is 0 Å². The number of carbonyl (C=O) groups is 1. The van der Waals surface area contributed by atoms with Crippen LogP contribution < -0.4 is 14.8 Å². The van der Waals surface area contributed by atoms with Crippen molar-refractivity contribution in [3.8, 4) is 11.5 Å². The number of amides is 1. The number of ether oxygens (including phenoxy) is 2. The lowest BCUT2D eigenvalue weighted by Gasteiger charge is -2.21. The van der Waals surface area contributed by atoms with Gasteiger partial charge in [-0.1, -0.05) is 42.1 Å². The minimum atomic E-state index is -0.498. The molecule has 1 aliphatic carbocycles. The molecule has 1 aromatic heterocycles. The zero-order valence-electron chi connectivity index (χ0n) is 18.0. The van der Waals surface area contributed by atoms with E-state index in [1.165, 1.54) is 17.3 Å². The molecule has 166 valence electrons. The zero-order chi connectivity index (χ0) is 22.0. The highest BCUT2D eigenvalue weighted by Gasteiger charge is 2.44. The number of aromatic nitrogens is 3. The second-order valence-corrected chi connectivity index (χ2v) is 9.07. The molecule has 0 unspecified atom stereocenters. The summed E-state index contributed by atoms with van der Waals surface area (Å²) in [7, 11) is 0. The number of thioether (sulfide) groups is 1. The zero-order valence-corrected chi connectivity index (χ0v) is 18.9. The Hall–Kier alpha value is -3.00. The summed E-state index contributed by atoms with van der Waals surface area (Å²) in [5, 5.41) is 12.4. The van der Waals surface area contributed by atoms with Gasteiger partial charge in [-0.3, -0.25) is 4.79 Å². The van der Waals surface area contributed by atoms with Gasteiger partial charge in [0.05, 0.1) is 5.75 Å². The van der Waals surface area contributed by atoms with Crippen molar-refractivity contribution in [2.75, 3.05) is 11.1 Å². The van der Waals surface area contributed by atoms with Crippen LogP contribution in [0.4, 0.5) is 5.69 Å². The van der Waals surface area contributed by atoms with Gasteiger partial charge in [-0.15, -0.1) is 10.2 Å². The summed E-state index contributed by atoms with van der Waals surface area (Å²) in [4.78, 5) is 12.6. The molecule has 1 spiro atoms. The molecule has 5 rings (SSSR count). The highest BCUT2D eigenvalue weighted by atomic mass is 32.2. The van der Waals surface area contributed by atoms with Crippen LogP contribution in [-0.4, -0.2) is 32.2 Å². The van der Waals surface area contributed by atoms with Crippen molar-refractivity contribution < 1.29 is 14.3 Å². The fourth-order valence-corrected chi connectivity index (χ4v) is 5.09. The number of benzene rings is 2. The molecule has 3 aromatic rings. The number of rotatable bonds is 7. The van der Waals surface area contributed by atoms with Gasteiger partial charge < -0.3 is 19.4 Å². The summed E-state index contributed by atoms with van der Waals surface area (Å²) >= 11 is 1.39. The van der Waals surface area contributed by atoms with Crippen molar-refractivity contribution in [3.63, 3.8) is 0 Å². The molecular weight excluding hydrogens is 424 g/mol. The van der Waals surface area contributed by atoms with E-state index in [0.717, 1.165) is 49.0 Å². The van der Waals surface area contributed by atoms with Crippen molar-refractivity contribution in [1.29, 1.82) is 0 Å². The van der Waals surface area contributed by atoms with Crippen LogP contribution in [0.15, 0.2) is 53.7 Å². The molecule has 2 heterocycles. The second-order valence-electron chi connectivity index (χ2n) is 8.13. The van der Waals surface area contributed by atoms with E-state index in [2.05, 4.69) is 39.1 Å². The molecule has 1 aliphatic heterocycles. The minimum Gasteiger partial charge on any atom is -0.448 e. The van der Waals surface area contributed by atoms with E-state index in [1.54, 1.807) is 0 Å². The topological polar surface area (TPSA) is 78.3 Å². The highest BCUT2D eigenvalue weighted by Crippen LogP contribution is 2.47. The van der Waals surface area contributed by atoms with Gasteiger partial charge in [0.1, 0.15) is 5.82 Å². The van der Waals surface area contributed by atoms with Crippen LogP contribution in [-0.2, 0) is 17.8 Å². The Morgan fingerprint density at radius 3 is 2.66 bits per heavy atom. The molecule has 0 bridgehead atoms. The van der Waals surface area contributed by atoms with E-state index in [4.69, 9.17) is 9.47 Å². The first-order valence-electron chi connectivity index (χ1n) is 11.0. The first kappa shape index (κ1) is 20.9. The van der Waals surface area contributed by atoms with Crippen molar-refractivity contribution >= 4 is 23.4 Å². The Kier molecular flexibility index (Phi) is 5.78. The standard InChI is InChI=1S/C24H26N4O3S/c1-2-28-21(14-17-8-4-3-5-9-17)26-27-23(28)32-16-22(29)25-18-10-11-19-20(15-18)31-24(30-19)12-6-7-13-24/h3-5,8-11,15H,2,6-7,12-14,16H2,1H3,(H,25,29). The Bertz CT molecular complexity index is 1110. The van der Waals surface area contributed by atoms with E-state index >= 15 is 0 Å². The first-order valence-corrected chi connectivity index (χ1v) is 12.0. The normalized spacial score (nSPS) is 15.9. The molecule has 0 atom stereocenters. The SMILES string of the molecule is CCn1c(Cc2ccccc2)nnc1SCC(=O)Nc1ccc2c(c1)OC1(CCCC1)O2. The molecule has 2 aliphatic rings. The lowest BCUT2D eigenvalue weighted by atomic mass is 10.1. The Labute approximate surface area is 191 Å². The van der Waals surface area contributed by atoms with Gasteiger partial charge in [-0.05, 0) is 37.5 Å². The number of carbonyl (C=O) groups excluding carboxylic acids is 1. The molecule has 0 radical (unpaired) electrons. The molecule has 1 saturated carbocycles. The largest absolute Gasteiger partial charge is 0.448 e. The molecule has 1 amide bonds.